The topological polar surface area (TPSA) is 35.5 Å². The lowest BCUT2D eigenvalue weighted by atomic mass is 9.81. The van der Waals surface area contributed by atoms with E-state index >= 15 is 0 Å². The number of benzene rings is 1. The lowest BCUT2D eigenvalue weighted by molar-refractivity contribution is 0.0600. The predicted octanol–water partition coefficient (Wildman–Crippen LogP) is 3.69. The molecule has 0 N–H and O–H groups in total. The van der Waals surface area contributed by atoms with Gasteiger partial charge in [0.1, 0.15) is 5.75 Å². The summed E-state index contributed by atoms with van der Waals surface area (Å²) in [6.07, 6.45) is 4.42. The fraction of sp³-hybridized carbons (Fsp3) is 0.438. The lowest BCUT2D eigenvalue weighted by Crippen LogP contribution is -2.11. The lowest BCUT2D eigenvalue weighted by Gasteiger charge is -2.24. The van der Waals surface area contributed by atoms with Crippen LogP contribution in [-0.2, 0) is 4.74 Å². The molecule has 0 radical (unpaired) electrons. The first kappa shape index (κ1) is 13.7. The van der Waals surface area contributed by atoms with Crippen LogP contribution in [0.25, 0.3) is 5.57 Å². The molecule has 0 unspecified atom stereocenters. The van der Waals surface area contributed by atoms with Crippen molar-refractivity contribution in [3.63, 3.8) is 0 Å². The van der Waals surface area contributed by atoms with Gasteiger partial charge >= 0.3 is 5.97 Å². The van der Waals surface area contributed by atoms with Crippen molar-refractivity contribution < 1.29 is 14.3 Å². The highest BCUT2D eigenvalue weighted by atomic mass is 16.5. The van der Waals surface area contributed by atoms with Crippen molar-refractivity contribution >= 4 is 11.5 Å². The van der Waals surface area contributed by atoms with E-state index in [0.29, 0.717) is 5.56 Å². The van der Waals surface area contributed by atoms with E-state index in [1.54, 1.807) is 13.2 Å². The highest BCUT2D eigenvalue weighted by Crippen LogP contribution is 2.46. The van der Waals surface area contributed by atoms with Gasteiger partial charge in [-0.25, -0.2) is 4.79 Å². The molecular formula is C16H20O3. The first-order chi connectivity index (χ1) is 8.99. The number of ether oxygens (including phenoxy) is 2. The molecule has 0 aliphatic heterocycles. The van der Waals surface area contributed by atoms with Gasteiger partial charge in [-0.05, 0) is 42.0 Å². The molecule has 0 bridgehead atoms. The molecule has 0 amide bonds. The fourth-order valence-corrected chi connectivity index (χ4v) is 2.63. The average molecular weight is 260 g/mol. The highest BCUT2D eigenvalue weighted by Gasteiger charge is 2.30. The number of hydrogen-bond donors (Lipinski definition) is 0. The second-order valence-electron chi connectivity index (χ2n) is 5.45. The van der Waals surface area contributed by atoms with E-state index in [-0.39, 0.29) is 11.4 Å². The maximum absolute atomic E-state index is 11.7. The standard InChI is InChI=1S/C16H20O3/c1-16(2)9-5-6-13(16)12-10-11(15(17)19-4)7-8-14(12)18-3/h6-8,10H,5,9H2,1-4H3. The van der Waals surface area contributed by atoms with Gasteiger partial charge in [-0.3, -0.25) is 0 Å². The van der Waals surface area contributed by atoms with Crippen LogP contribution in [0.5, 0.6) is 5.75 Å². The molecule has 19 heavy (non-hydrogen) atoms. The van der Waals surface area contributed by atoms with Gasteiger partial charge in [-0.15, -0.1) is 0 Å². The van der Waals surface area contributed by atoms with Crippen LogP contribution in [0.2, 0.25) is 0 Å². The van der Waals surface area contributed by atoms with Crippen molar-refractivity contribution in [2.45, 2.75) is 26.7 Å². The van der Waals surface area contributed by atoms with Crippen LogP contribution < -0.4 is 4.74 Å². The van der Waals surface area contributed by atoms with Crippen LogP contribution in [-0.4, -0.2) is 20.2 Å². The van der Waals surface area contributed by atoms with Gasteiger partial charge in [-0.1, -0.05) is 19.9 Å². The second-order valence-corrected chi connectivity index (χ2v) is 5.45. The Bertz CT molecular complexity index is 527. The van der Waals surface area contributed by atoms with E-state index < -0.39 is 0 Å². The molecule has 0 saturated carbocycles. The smallest absolute Gasteiger partial charge is 0.337 e. The Kier molecular flexibility index (Phi) is 3.65. The molecule has 102 valence electrons. The fourth-order valence-electron chi connectivity index (χ4n) is 2.63. The van der Waals surface area contributed by atoms with E-state index in [1.165, 1.54) is 12.7 Å². The Morgan fingerprint density at radius 3 is 2.53 bits per heavy atom. The number of methoxy groups -OCH3 is 2. The van der Waals surface area contributed by atoms with Crippen LogP contribution in [0.15, 0.2) is 24.3 Å². The van der Waals surface area contributed by atoms with E-state index in [0.717, 1.165) is 24.2 Å². The van der Waals surface area contributed by atoms with Crippen molar-refractivity contribution in [2.75, 3.05) is 14.2 Å². The largest absolute Gasteiger partial charge is 0.496 e. The van der Waals surface area contributed by atoms with Crippen LogP contribution in [0, 0.1) is 5.41 Å². The maximum atomic E-state index is 11.7. The molecule has 0 fully saturated rings. The molecule has 2 rings (SSSR count). The molecule has 3 nitrogen and oxygen atoms in total. The van der Waals surface area contributed by atoms with E-state index in [1.807, 2.05) is 12.1 Å². The minimum absolute atomic E-state index is 0.113. The monoisotopic (exact) mass is 260 g/mol. The Hall–Kier alpha value is -1.77. The Morgan fingerprint density at radius 1 is 1.26 bits per heavy atom. The summed E-state index contributed by atoms with van der Waals surface area (Å²) >= 11 is 0. The summed E-state index contributed by atoms with van der Waals surface area (Å²) in [4.78, 5) is 11.7. The van der Waals surface area contributed by atoms with Gasteiger partial charge in [0.15, 0.2) is 0 Å². The first-order valence-electron chi connectivity index (χ1n) is 6.47. The van der Waals surface area contributed by atoms with E-state index in [4.69, 9.17) is 9.47 Å². The normalized spacial score (nSPS) is 16.9. The van der Waals surface area contributed by atoms with Crippen molar-refractivity contribution in [3.8, 4) is 5.75 Å². The van der Waals surface area contributed by atoms with Crippen LogP contribution in [0.1, 0.15) is 42.6 Å². The van der Waals surface area contributed by atoms with Crippen molar-refractivity contribution in [3.05, 3.63) is 35.4 Å². The van der Waals surface area contributed by atoms with Gasteiger partial charge < -0.3 is 9.47 Å². The van der Waals surface area contributed by atoms with Gasteiger partial charge in [0.25, 0.3) is 0 Å². The third-order valence-electron chi connectivity index (χ3n) is 3.76. The highest BCUT2D eigenvalue weighted by molar-refractivity contribution is 5.91. The third-order valence-corrected chi connectivity index (χ3v) is 3.76. The first-order valence-corrected chi connectivity index (χ1v) is 6.47. The van der Waals surface area contributed by atoms with Crippen molar-refractivity contribution in [1.82, 2.24) is 0 Å². The molecule has 0 atom stereocenters. The van der Waals surface area contributed by atoms with Crippen molar-refractivity contribution in [2.24, 2.45) is 5.41 Å². The van der Waals surface area contributed by atoms with E-state index in [2.05, 4.69) is 19.9 Å². The molecule has 3 heteroatoms. The second kappa shape index (κ2) is 5.08. The Labute approximate surface area is 114 Å². The molecule has 0 aromatic heterocycles. The summed E-state index contributed by atoms with van der Waals surface area (Å²) in [5.41, 5.74) is 2.91. The van der Waals surface area contributed by atoms with Crippen LogP contribution in [0.4, 0.5) is 0 Å². The van der Waals surface area contributed by atoms with Gasteiger partial charge in [0.05, 0.1) is 19.8 Å². The summed E-state index contributed by atoms with van der Waals surface area (Å²) in [5, 5.41) is 0. The number of carbonyl (C=O) groups is 1. The zero-order valence-corrected chi connectivity index (χ0v) is 11.9. The SMILES string of the molecule is COC(=O)c1ccc(OC)c(C2=CCCC2(C)C)c1. The zero-order chi connectivity index (χ0) is 14.0. The number of carbonyl (C=O) groups excluding carboxylic acids is 1. The number of hydrogen-bond acceptors (Lipinski definition) is 3. The number of esters is 1. The van der Waals surface area contributed by atoms with Gasteiger partial charge in [0, 0.05) is 5.56 Å². The minimum atomic E-state index is -0.319. The zero-order valence-electron chi connectivity index (χ0n) is 11.9. The van der Waals surface area contributed by atoms with E-state index in [9.17, 15) is 4.79 Å². The Balaban J connectivity index is 2.51. The summed E-state index contributed by atoms with van der Waals surface area (Å²) in [6, 6.07) is 5.43. The average Bonchev–Trinajstić information content (AvgIpc) is 2.76. The summed E-state index contributed by atoms with van der Waals surface area (Å²) in [6.45, 7) is 4.44. The summed E-state index contributed by atoms with van der Waals surface area (Å²) in [7, 11) is 3.05. The van der Waals surface area contributed by atoms with Gasteiger partial charge in [-0.2, -0.15) is 0 Å². The molecule has 1 aliphatic rings. The molecular weight excluding hydrogens is 240 g/mol. The third kappa shape index (κ3) is 2.50. The number of allylic oxidation sites excluding steroid dienone is 2. The van der Waals surface area contributed by atoms with Gasteiger partial charge in [0.2, 0.25) is 0 Å². The van der Waals surface area contributed by atoms with Crippen molar-refractivity contribution in [1.29, 1.82) is 0 Å². The molecule has 0 heterocycles. The quantitative estimate of drug-likeness (QED) is 0.778. The molecule has 0 spiro atoms. The molecule has 1 aromatic rings. The summed E-state index contributed by atoms with van der Waals surface area (Å²) < 4.78 is 10.2. The maximum Gasteiger partial charge on any atom is 0.337 e. The number of rotatable bonds is 3. The summed E-state index contributed by atoms with van der Waals surface area (Å²) in [5.74, 6) is 0.481. The predicted molar refractivity (Wildman–Crippen MR) is 75.3 cm³/mol. The molecule has 1 aromatic carbocycles. The minimum Gasteiger partial charge on any atom is -0.496 e. The molecule has 0 saturated heterocycles. The molecule has 1 aliphatic carbocycles. The van der Waals surface area contributed by atoms with Crippen LogP contribution >= 0.6 is 0 Å². The van der Waals surface area contributed by atoms with Crippen LogP contribution in [0.3, 0.4) is 0 Å². The Morgan fingerprint density at radius 2 is 2.00 bits per heavy atom.